The molecule has 0 radical (unpaired) electrons. The average molecular weight is 291 g/mol. The molecule has 0 amide bonds. The van der Waals surface area contributed by atoms with Gasteiger partial charge in [-0.15, -0.1) is 0 Å². The Bertz CT molecular complexity index is 604. The van der Waals surface area contributed by atoms with Crippen molar-refractivity contribution in [2.24, 2.45) is 5.92 Å². The Morgan fingerprint density at radius 3 is 2.60 bits per heavy atom. The highest BCUT2D eigenvalue weighted by atomic mass is 35.5. The van der Waals surface area contributed by atoms with Gasteiger partial charge in [-0.25, -0.2) is 0 Å². The van der Waals surface area contributed by atoms with Crippen LogP contribution in [-0.2, 0) is 13.0 Å². The zero-order valence-corrected chi connectivity index (χ0v) is 12.8. The summed E-state index contributed by atoms with van der Waals surface area (Å²) in [5.74, 6) is 0.0273. The van der Waals surface area contributed by atoms with E-state index >= 15 is 0 Å². The lowest BCUT2D eigenvalue weighted by molar-refractivity contribution is 0.0928. The molecule has 0 aliphatic carbocycles. The minimum Gasteiger partial charge on any atom is -0.294 e. The molecule has 0 fully saturated rings. The topological polar surface area (TPSA) is 34.9 Å². The summed E-state index contributed by atoms with van der Waals surface area (Å²) in [5.41, 5.74) is 2.52. The molecule has 1 atom stereocenters. The first-order valence-electron chi connectivity index (χ1n) is 6.85. The van der Waals surface area contributed by atoms with Gasteiger partial charge in [0.2, 0.25) is 0 Å². The number of carbonyl (C=O) groups excluding carboxylic acids is 1. The van der Waals surface area contributed by atoms with Gasteiger partial charge in [0.25, 0.3) is 0 Å². The van der Waals surface area contributed by atoms with E-state index in [9.17, 15) is 4.79 Å². The van der Waals surface area contributed by atoms with Crippen molar-refractivity contribution in [1.29, 1.82) is 0 Å². The average Bonchev–Trinajstić information content (AvgIpc) is 2.75. The van der Waals surface area contributed by atoms with Gasteiger partial charge in [0, 0.05) is 24.4 Å². The maximum absolute atomic E-state index is 12.4. The summed E-state index contributed by atoms with van der Waals surface area (Å²) in [7, 11) is 0. The zero-order valence-electron chi connectivity index (χ0n) is 12.1. The molecule has 0 saturated heterocycles. The Balaban J connectivity index is 2.20. The van der Waals surface area contributed by atoms with Crippen molar-refractivity contribution >= 4 is 17.4 Å². The molecule has 2 rings (SSSR count). The molecule has 2 aromatic rings. The number of halogens is 1. The first kappa shape index (κ1) is 14.8. The minimum atomic E-state index is -0.115. The molecule has 4 heteroatoms. The van der Waals surface area contributed by atoms with E-state index in [1.54, 1.807) is 0 Å². The molecule has 20 heavy (non-hydrogen) atoms. The Morgan fingerprint density at radius 2 is 2.00 bits per heavy atom. The number of ketones is 1. The van der Waals surface area contributed by atoms with Gasteiger partial charge in [-0.3, -0.25) is 9.48 Å². The minimum absolute atomic E-state index is 0.115. The summed E-state index contributed by atoms with van der Waals surface area (Å²) < 4.78 is 1.88. The quantitative estimate of drug-likeness (QED) is 0.782. The zero-order chi connectivity index (χ0) is 14.7. The van der Waals surface area contributed by atoms with Crippen molar-refractivity contribution in [2.75, 3.05) is 0 Å². The molecule has 0 aliphatic rings. The predicted octanol–water partition coefficient (Wildman–Crippen LogP) is 3.93. The van der Waals surface area contributed by atoms with Gasteiger partial charge in [-0.1, -0.05) is 48.9 Å². The Hall–Kier alpha value is -1.61. The summed E-state index contributed by atoms with van der Waals surface area (Å²) in [5, 5.41) is 5.07. The van der Waals surface area contributed by atoms with Crippen LogP contribution in [0.4, 0.5) is 0 Å². The highest BCUT2D eigenvalue weighted by Gasteiger charge is 2.20. The molecule has 0 saturated carbocycles. The van der Waals surface area contributed by atoms with Gasteiger partial charge in [-0.05, 0) is 13.8 Å². The van der Waals surface area contributed by atoms with Crippen LogP contribution in [0.3, 0.4) is 0 Å². The van der Waals surface area contributed by atoms with Crippen LogP contribution in [0.1, 0.15) is 35.6 Å². The van der Waals surface area contributed by atoms with Gasteiger partial charge in [0.15, 0.2) is 5.78 Å². The number of hydrogen-bond acceptors (Lipinski definition) is 2. The number of carbonyl (C=O) groups is 1. The third-order valence-corrected chi connectivity index (χ3v) is 3.95. The second-order valence-corrected chi connectivity index (χ2v) is 5.38. The monoisotopic (exact) mass is 290 g/mol. The van der Waals surface area contributed by atoms with E-state index in [0.29, 0.717) is 11.4 Å². The molecule has 0 N–H and O–H groups in total. The van der Waals surface area contributed by atoms with Crippen molar-refractivity contribution in [3.05, 3.63) is 52.3 Å². The van der Waals surface area contributed by atoms with Gasteiger partial charge >= 0.3 is 0 Å². The first-order chi connectivity index (χ1) is 9.54. The third-order valence-electron chi connectivity index (χ3n) is 3.46. The Labute approximate surface area is 124 Å². The first-order valence-corrected chi connectivity index (χ1v) is 7.23. The molecule has 1 heterocycles. The highest BCUT2D eigenvalue weighted by Crippen LogP contribution is 2.24. The van der Waals surface area contributed by atoms with E-state index in [1.807, 2.05) is 55.8 Å². The van der Waals surface area contributed by atoms with Crippen LogP contribution >= 0.6 is 11.6 Å². The van der Waals surface area contributed by atoms with Crippen molar-refractivity contribution in [1.82, 2.24) is 9.78 Å². The summed E-state index contributed by atoms with van der Waals surface area (Å²) >= 11 is 6.29. The molecular formula is C16H19ClN2O. The van der Waals surface area contributed by atoms with Crippen LogP contribution in [0, 0.1) is 12.8 Å². The molecule has 1 unspecified atom stereocenters. The fourth-order valence-electron chi connectivity index (χ4n) is 2.33. The van der Waals surface area contributed by atoms with Gasteiger partial charge in [0.05, 0.1) is 16.4 Å². The fraction of sp³-hybridized carbons (Fsp3) is 0.375. The smallest absolute Gasteiger partial charge is 0.166 e. The number of nitrogens with zero attached hydrogens (tertiary/aromatic N) is 2. The summed E-state index contributed by atoms with van der Waals surface area (Å²) in [6, 6.07) is 9.38. The SMILES string of the molecule is CCn1nc(C)c(Cl)c1CC(C)C(=O)c1ccccc1. The molecule has 1 aromatic carbocycles. The summed E-state index contributed by atoms with van der Waals surface area (Å²) in [6.07, 6.45) is 0.612. The number of Topliss-reactive ketones (excluding diaryl/α,β-unsaturated/α-hetero) is 1. The number of aromatic nitrogens is 2. The Morgan fingerprint density at radius 1 is 1.35 bits per heavy atom. The third kappa shape index (κ3) is 2.93. The van der Waals surface area contributed by atoms with E-state index in [2.05, 4.69) is 5.10 Å². The highest BCUT2D eigenvalue weighted by molar-refractivity contribution is 6.31. The Kier molecular flexibility index (Phi) is 4.61. The van der Waals surface area contributed by atoms with E-state index < -0.39 is 0 Å². The van der Waals surface area contributed by atoms with Gasteiger partial charge in [-0.2, -0.15) is 5.10 Å². The molecule has 0 aliphatic heterocycles. The van der Waals surface area contributed by atoms with Gasteiger partial charge in [0.1, 0.15) is 0 Å². The fourth-order valence-corrected chi connectivity index (χ4v) is 2.55. The molecular weight excluding hydrogens is 272 g/mol. The molecule has 106 valence electrons. The van der Waals surface area contributed by atoms with Crippen molar-refractivity contribution < 1.29 is 4.79 Å². The molecule has 0 bridgehead atoms. The molecule has 0 spiro atoms. The number of hydrogen-bond donors (Lipinski definition) is 0. The second-order valence-electron chi connectivity index (χ2n) is 5.00. The van der Waals surface area contributed by atoms with Crippen molar-refractivity contribution in [3.63, 3.8) is 0 Å². The van der Waals surface area contributed by atoms with Crippen molar-refractivity contribution in [2.45, 2.75) is 33.7 Å². The van der Waals surface area contributed by atoms with Crippen LogP contribution in [0.2, 0.25) is 5.02 Å². The van der Waals surface area contributed by atoms with Gasteiger partial charge < -0.3 is 0 Å². The van der Waals surface area contributed by atoms with Crippen LogP contribution in [0.25, 0.3) is 0 Å². The van der Waals surface area contributed by atoms with E-state index in [4.69, 9.17) is 11.6 Å². The van der Waals surface area contributed by atoms with E-state index in [-0.39, 0.29) is 11.7 Å². The summed E-state index contributed by atoms with van der Waals surface area (Å²) in [6.45, 7) is 6.61. The largest absolute Gasteiger partial charge is 0.294 e. The predicted molar refractivity (Wildman–Crippen MR) is 81.3 cm³/mol. The maximum atomic E-state index is 12.4. The van der Waals surface area contributed by atoms with E-state index in [0.717, 1.165) is 23.5 Å². The van der Waals surface area contributed by atoms with E-state index in [1.165, 1.54) is 0 Å². The second kappa shape index (κ2) is 6.23. The van der Waals surface area contributed by atoms with Crippen LogP contribution in [0.5, 0.6) is 0 Å². The van der Waals surface area contributed by atoms with Crippen LogP contribution in [0.15, 0.2) is 30.3 Å². The number of rotatable bonds is 5. The lowest BCUT2D eigenvalue weighted by atomic mass is 9.95. The molecule has 1 aromatic heterocycles. The number of benzene rings is 1. The lowest BCUT2D eigenvalue weighted by Gasteiger charge is -2.12. The lowest BCUT2D eigenvalue weighted by Crippen LogP contribution is -2.16. The standard InChI is InChI=1S/C16H19ClN2O/c1-4-19-14(15(17)12(3)18-19)10-11(2)16(20)13-8-6-5-7-9-13/h5-9,11H,4,10H2,1-3H3. The van der Waals surface area contributed by atoms with Crippen LogP contribution in [-0.4, -0.2) is 15.6 Å². The van der Waals surface area contributed by atoms with Crippen LogP contribution < -0.4 is 0 Å². The maximum Gasteiger partial charge on any atom is 0.166 e. The molecule has 3 nitrogen and oxygen atoms in total. The summed E-state index contributed by atoms with van der Waals surface area (Å²) in [4.78, 5) is 12.4. The number of aryl methyl sites for hydroxylation is 2. The van der Waals surface area contributed by atoms with Crippen molar-refractivity contribution in [3.8, 4) is 0 Å². The normalized spacial score (nSPS) is 12.4.